The molecule has 0 unspecified atom stereocenters. The minimum absolute atomic E-state index is 0.0377. The molecule has 3 rings (SSSR count). The Bertz CT molecular complexity index is 888. The highest BCUT2D eigenvalue weighted by Crippen LogP contribution is 2.28. The number of piperazine rings is 1. The number of sulfonamides is 1. The van der Waals surface area contributed by atoms with Crippen LogP contribution in [-0.4, -0.2) is 60.8 Å². The van der Waals surface area contributed by atoms with Crippen LogP contribution in [0.4, 0.5) is 10.5 Å². The smallest absolute Gasteiger partial charge is 0.317 e. The number of hydrogen-bond donors (Lipinski definition) is 1. The first-order valence-electron chi connectivity index (χ1n) is 10.0. The van der Waals surface area contributed by atoms with Crippen molar-refractivity contribution in [3.63, 3.8) is 0 Å². The Morgan fingerprint density at radius 3 is 2.31 bits per heavy atom. The monoisotopic (exact) mass is 424 g/mol. The highest BCUT2D eigenvalue weighted by atomic mass is 32.2. The van der Waals surface area contributed by atoms with Crippen LogP contribution in [0.15, 0.2) is 17.0 Å². The third-order valence-corrected chi connectivity index (χ3v) is 7.92. The lowest BCUT2D eigenvalue weighted by atomic mass is 9.96. The van der Waals surface area contributed by atoms with Crippen LogP contribution in [0, 0.1) is 24.0 Å². The van der Waals surface area contributed by atoms with Gasteiger partial charge in [0.05, 0.1) is 9.82 Å². The summed E-state index contributed by atoms with van der Waals surface area (Å²) in [4.78, 5) is 24.7. The van der Waals surface area contributed by atoms with Gasteiger partial charge >= 0.3 is 6.03 Å². The molecule has 1 saturated heterocycles. The second-order valence-corrected chi connectivity index (χ2v) is 9.72. The lowest BCUT2D eigenvalue weighted by Gasteiger charge is -2.35. The molecule has 2 amide bonds. The molecule has 29 heavy (non-hydrogen) atoms. The molecule has 1 aromatic carbocycles. The first-order chi connectivity index (χ1) is 13.7. The van der Waals surface area contributed by atoms with Crippen molar-refractivity contribution in [2.24, 2.45) is 0 Å². The van der Waals surface area contributed by atoms with E-state index in [1.54, 1.807) is 18.7 Å². The summed E-state index contributed by atoms with van der Waals surface area (Å²) in [6.07, 6.45) is 5.44. The Labute approximate surface area is 171 Å². The number of nitro benzene ring substituents is 1. The molecule has 1 saturated carbocycles. The second kappa shape index (κ2) is 8.66. The lowest BCUT2D eigenvalue weighted by Crippen LogP contribution is -2.54. The standard InChI is InChI=1S/C19H28N4O5S/c1-14-12-17(23(25)26)13-18(15(14)2)29(27,28)22-10-8-21(9-11-22)19(24)20-16-6-4-3-5-7-16/h12-13,16H,3-11H2,1-2H3,(H,20,24). The van der Waals surface area contributed by atoms with Crippen LogP contribution in [-0.2, 0) is 10.0 Å². The van der Waals surface area contributed by atoms with Gasteiger partial charge in [-0.2, -0.15) is 4.31 Å². The van der Waals surface area contributed by atoms with E-state index in [2.05, 4.69) is 5.32 Å². The van der Waals surface area contributed by atoms with Crippen LogP contribution in [0.25, 0.3) is 0 Å². The summed E-state index contributed by atoms with van der Waals surface area (Å²) in [6.45, 7) is 4.24. The van der Waals surface area contributed by atoms with Gasteiger partial charge in [0.2, 0.25) is 10.0 Å². The second-order valence-electron chi connectivity index (χ2n) is 7.82. The molecule has 9 nitrogen and oxygen atoms in total. The molecule has 1 aliphatic heterocycles. The Hall–Kier alpha value is -2.20. The SMILES string of the molecule is Cc1cc([N+](=O)[O-])cc(S(=O)(=O)N2CCN(C(=O)NC3CCCCC3)CC2)c1C. The van der Waals surface area contributed by atoms with Crippen molar-refractivity contribution in [1.29, 1.82) is 0 Å². The Balaban J connectivity index is 1.68. The van der Waals surface area contributed by atoms with Gasteiger partial charge in [-0.1, -0.05) is 19.3 Å². The van der Waals surface area contributed by atoms with Crippen molar-refractivity contribution in [3.05, 3.63) is 33.4 Å². The first kappa shape index (κ1) is 21.5. The van der Waals surface area contributed by atoms with Gasteiger partial charge in [-0.3, -0.25) is 10.1 Å². The highest BCUT2D eigenvalue weighted by molar-refractivity contribution is 7.89. The molecule has 1 aliphatic carbocycles. The maximum atomic E-state index is 13.1. The normalized spacial score (nSPS) is 19.2. The van der Waals surface area contributed by atoms with E-state index in [1.165, 1.54) is 16.8 Å². The molecule has 0 bridgehead atoms. The van der Waals surface area contributed by atoms with E-state index in [0.717, 1.165) is 31.7 Å². The zero-order valence-corrected chi connectivity index (χ0v) is 17.7. The van der Waals surface area contributed by atoms with Gasteiger partial charge in [-0.15, -0.1) is 0 Å². The molecular weight excluding hydrogens is 396 g/mol. The Morgan fingerprint density at radius 2 is 1.72 bits per heavy atom. The first-order valence-corrected chi connectivity index (χ1v) is 11.5. The fraction of sp³-hybridized carbons (Fsp3) is 0.632. The van der Waals surface area contributed by atoms with Crippen molar-refractivity contribution >= 4 is 21.7 Å². The van der Waals surface area contributed by atoms with Crippen LogP contribution in [0.5, 0.6) is 0 Å². The van der Waals surface area contributed by atoms with Gasteiger partial charge < -0.3 is 10.2 Å². The average molecular weight is 425 g/mol. The Kier molecular flexibility index (Phi) is 6.42. The summed E-state index contributed by atoms with van der Waals surface area (Å²) in [5.74, 6) is 0. The van der Waals surface area contributed by atoms with E-state index in [4.69, 9.17) is 0 Å². The summed E-state index contributed by atoms with van der Waals surface area (Å²) in [6, 6.07) is 2.56. The van der Waals surface area contributed by atoms with E-state index in [9.17, 15) is 23.3 Å². The average Bonchev–Trinajstić information content (AvgIpc) is 2.70. The number of benzene rings is 1. The van der Waals surface area contributed by atoms with Crippen LogP contribution in [0.1, 0.15) is 43.2 Å². The summed E-state index contributed by atoms with van der Waals surface area (Å²) >= 11 is 0. The molecule has 10 heteroatoms. The van der Waals surface area contributed by atoms with E-state index >= 15 is 0 Å². The van der Waals surface area contributed by atoms with Crippen LogP contribution < -0.4 is 5.32 Å². The number of carbonyl (C=O) groups is 1. The number of hydrogen-bond acceptors (Lipinski definition) is 5. The molecule has 1 heterocycles. The quantitative estimate of drug-likeness (QED) is 0.589. The van der Waals surface area contributed by atoms with Crippen LogP contribution in [0.3, 0.4) is 0 Å². The maximum absolute atomic E-state index is 13.1. The van der Waals surface area contributed by atoms with Crippen LogP contribution in [0.2, 0.25) is 0 Å². The fourth-order valence-corrected chi connectivity index (χ4v) is 5.71. The number of non-ortho nitro benzene ring substituents is 1. The van der Waals surface area contributed by atoms with E-state index in [-0.39, 0.29) is 35.7 Å². The van der Waals surface area contributed by atoms with Gasteiger partial charge in [-0.05, 0) is 37.8 Å². The number of aryl methyl sites for hydroxylation is 1. The number of rotatable bonds is 4. The zero-order valence-electron chi connectivity index (χ0n) is 16.9. The summed E-state index contributed by atoms with van der Waals surface area (Å²) in [7, 11) is -3.88. The van der Waals surface area contributed by atoms with Crippen LogP contribution >= 0.6 is 0 Å². The molecule has 1 aromatic rings. The van der Waals surface area contributed by atoms with Gasteiger partial charge in [0, 0.05) is 44.4 Å². The molecule has 160 valence electrons. The summed E-state index contributed by atoms with van der Waals surface area (Å²) < 4.78 is 27.5. The topological polar surface area (TPSA) is 113 Å². The number of nitrogens with zero attached hydrogens (tertiary/aromatic N) is 3. The zero-order chi connectivity index (χ0) is 21.2. The summed E-state index contributed by atoms with van der Waals surface area (Å²) in [5.41, 5.74) is 0.827. The highest BCUT2D eigenvalue weighted by Gasteiger charge is 2.33. The maximum Gasteiger partial charge on any atom is 0.317 e. The number of nitro groups is 1. The number of nitrogens with one attached hydrogen (secondary N) is 1. The van der Waals surface area contributed by atoms with E-state index in [1.807, 2.05) is 0 Å². The van der Waals surface area contributed by atoms with Crippen molar-refractivity contribution in [1.82, 2.24) is 14.5 Å². The molecule has 0 aromatic heterocycles. The molecule has 2 fully saturated rings. The third-order valence-electron chi connectivity index (χ3n) is 5.89. The van der Waals surface area contributed by atoms with E-state index < -0.39 is 14.9 Å². The molecule has 0 atom stereocenters. The molecule has 0 spiro atoms. The number of carbonyl (C=O) groups excluding carboxylic acids is 1. The van der Waals surface area contributed by atoms with Crippen molar-refractivity contribution in [3.8, 4) is 0 Å². The van der Waals surface area contributed by atoms with E-state index in [0.29, 0.717) is 24.2 Å². The van der Waals surface area contributed by atoms with Crippen molar-refractivity contribution in [2.45, 2.75) is 56.9 Å². The number of urea groups is 1. The molecule has 0 radical (unpaired) electrons. The predicted molar refractivity (Wildman–Crippen MR) is 108 cm³/mol. The predicted octanol–water partition coefficient (Wildman–Crippen LogP) is 2.56. The van der Waals surface area contributed by atoms with Crippen molar-refractivity contribution in [2.75, 3.05) is 26.2 Å². The van der Waals surface area contributed by atoms with Gasteiger partial charge in [0.15, 0.2) is 0 Å². The molecule has 1 N–H and O–H groups in total. The van der Waals surface area contributed by atoms with Gasteiger partial charge in [-0.25, -0.2) is 13.2 Å². The van der Waals surface area contributed by atoms with Gasteiger partial charge in [0.25, 0.3) is 5.69 Å². The summed E-state index contributed by atoms with van der Waals surface area (Å²) in [5, 5.41) is 14.2. The van der Waals surface area contributed by atoms with Crippen molar-refractivity contribution < 1.29 is 18.1 Å². The molecule has 2 aliphatic rings. The minimum atomic E-state index is -3.88. The Morgan fingerprint density at radius 1 is 1.10 bits per heavy atom. The number of amides is 2. The lowest BCUT2D eigenvalue weighted by molar-refractivity contribution is -0.385. The fourth-order valence-electron chi connectivity index (χ4n) is 3.97. The third kappa shape index (κ3) is 4.69. The minimum Gasteiger partial charge on any atom is -0.335 e. The molecular formula is C19H28N4O5S. The largest absolute Gasteiger partial charge is 0.335 e. The van der Waals surface area contributed by atoms with Gasteiger partial charge in [0.1, 0.15) is 0 Å².